The molecule has 3 rings (SSSR count). The Morgan fingerprint density at radius 1 is 1.07 bits per heavy atom. The highest BCUT2D eigenvalue weighted by Gasteiger charge is 2.43. The highest BCUT2D eigenvalue weighted by Crippen LogP contribution is 2.39. The lowest BCUT2D eigenvalue weighted by Crippen LogP contribution is -2.39. The summed E-state index contributed by atoms with van der Waals surface area (Å²) in [5, 5.41) is 1.01. The van der Waals surface area contributed by atoms with Crippen LogP contribution in [0, 0.1) is 29.4 Å². The lowest BCUT2D eigenvalue weighted by atomic mass is 9.77. The predicted octanol–water partition coefficient (Wildman–Crippen LogP) is 6.90. The van der Waals surface area contributed by atoms with E-state index in [2.05, 4.69) is 18.8 Å². The fraction of sp³-hybridized carbons (Fsp3) is 0.478. The van der Waals surface area contributed by atoms with Gasteiger partial charge in [0.1, 0.15) is 6.17 Å². The van der Waals surface area contributed by atoms with E-state index in [0.717, 1.165) is 37.8 Å². The number of hydrogen-bond donors (Lipinski definition) is 0. The van der Waals surface area contributed by atoms with E-state index in [-0.39, 0.29) is 18.8 Å². The normalized spacial score (nSPS) is 25.2. The Hall–Kier alpha value is -2.02. The van der Waals surface area contributed by atoms with E-state index in [1.54, 1.807) is 18.2 Å². The van der Waals surface area contributed by atoms with E-state index in [9.17, 15) is 17.6 Å². The second kappa shape index (κ2) is 8.33. The maximum atomic E-state index is 15.0. The van der Waals surface area contributed by atoms with Crippen molar-refractivity contribution >= 4 is 10.8 Å². The molecule has 0 aromatic heterocycles. The second-order valence-corrected chi connectivity index (χ2v) is 7.54. The van der Waals surface area contributed by atoms with Gasteiger partial charge in [-0.05, 0) is 60.2 Å². The second-order valence-electron chi connectivity index (χ2n) is 7.54. The Labute approximate surface area is 158 Å². The molecule has 4 heteroatoms. The van der Waals surface area contributed by atoms with Gasteiger partial charge in [-0.3, -0.25) is 0 Å². The Morgan fingerprint density at radius 2 is 1.81 bits per heavy atom. The summed E-state index contributed by atoms with van der Waals surface area (Å²) in [6.07, 6.45) is 3.64. The lowest BCUT2D eigenvalue weighted by Gasteiger charge is -2.33. The number of halogens is 4. The summed E-state index contributed by atoms with van der Waals surface area (Å²) < 4.78 is 56.1. The minimum absolute atomic E-state index is 0.103. The third-order valence-electron chi connectivity index (χ3n) is 5.46. The Kier molecular flexibility index (Phi) is 6.09. The van der Waals surface area contributed by atoms with Crippen LogP contribution in [0.15, 0.2) is 30.3 Å². The Bertz CT molecular complexity index is 864. The molecular weight excluding hydrogens is 352 g/mol. The van der Waals surface area contributed by atoms with Crippen LogP contribution in [0.1, 0.15) is 57.4 Å². The summed E-state index contributed by atoms with van der Waals surface area (Å²) in [7, 11) is 0. The minimum atomic E-state index is -2.13. The van der Waals surface area contributed by atoms with Crippen molar-refractivity contribution in [1.29, 1.82) is 0 Å². The van der Waals surface area contributed by atoms with Crippen LogP contribution < -0.4 is 0 Å². The van der Waals surface area contributed by atoms with Gasteiger partial charge < -0.3 is 0 Å². The highest BCUT2D eigenvalue weighted by atomic mass is 19.2. The van der Waals surface area contributed by atoms with Crippen LogP contribution in [0.5, 0.6) is 0 Å². The SMILES string of the molecule is CCCCCC1CCC(F)(C#Cc2ccc3cc(F)c(F)cc3c2)C(F)C1. The van der Waals surface area contributed by atoms with Gasteiger partial charge in [0.05, 0.1) is 0 Å². The van der Waals surface area contributed by atoms with Crippen LogP contribution in [0.25, 0.3) is 10.8 Å². The summed E-state index contributed by atoms with van der Waals surface area (Å²) in [6, 6.07) is 6.97. The first-order valence-electron chi connectivity index (χ1n) is 9.66. The van der Waals surface area contributed by atoms with Crippen molar-refractivity contribution in [3.8, 4) is 11.8 Å². The van der Waals surface area contributed by atoms with Crippen LogP contribution in [0.2, 0.25) is 0 Å². The molecule has 2 aromatic carbocycles. The van der Waals surface area contributed by atoms with Crippen molar-refractivity contribution < 1.29 is 17.6 Å². The molecular formula is C23H24F4. The molecule has 0 radical (unpaired) electrons. The largest absolute Gasteiger partial charge is 0.243 e. The smallest absolute Gasteiger partial charge is 0.202 e. The zero-order valence-electron chi connectivity index (χ0n) is 15.5. The summed E-state index contributed by atoms with van der Waals surface area (Å²) >= 11 is 0. The number of fused-ring (bicyclic) bond motifs is 1. The van der Waals surface area contributed by atoms with Crippen LogP contribution >= 0.6 is 0 Å². The third-order valence-corrected chi connectivity index (χ3v) is 5.46. The summed E-state index contributed by atoms with van der Waals surface area (Å²) in [6.45, 7) is 2.12. The molecule has 3 unspecified atom stereocenters. The van der Waals surface area contributed by atoms with Crippen molar-refractivity contribution in [1.82, 2.24) is 0 Å². The molecule has 1 aliphatic rings. The van der Waals surface area contributed by atoms with Gasteiger partial charge in [0.15, 0.2) is 11.6 Å². The van der Waals surface area contributed by atoms with E-state index in [1.807, 2.05) is 0 Å². The molecule has 1 fully saturated rings. The van der Waals surface area contributed by atoms with Gasteiger partial charge in [0, 0.05) is 5.56 Å². The molecule has 0 nitrogen and oxygen atoms in total. The molecule has 0 saturated heterocycles. The first-order chi connectivity index (χ1) is 12.9. The van der Waals surface area contributed by atoms with Gasteiger partial charge in [0.25, 0.3) is 0 Å². The van der Waals surface area contributed by atoms with E-state index in [4.69, 9.17) is 0 Å². The molecule has 0 aliphatic heterocycles. The van der Waals surface area contributed by atoms with Crippen molar-refractivity contribution in [2.45, 2.75) is 63.7 Å². The fourth-order valence-electron chi connectivity index (χ4n) is 3.75. The standard InChI is InChI=1S/C23H24F4/c1-2-3-4-5-16-8-10-23(27,22(26)13-16)11-9-17-6-7-18-14-20(24)21(25)15-19(18)12-17/h6-7,12,14-16,22H,2-5,8,10,13H2,1H3. The van der Waals surface area contributed by atoms with Gasteiger partial charge in [-0.2, -0.15) is 0 Å². The first-order valence-corrected chi connectivity index (χ1v) is 9.66. The Balaban J connectivity index is 1.73. The molecule has 27 heavy (non-hydrogen) atoms. The molecule has 144 valence electrons. The van der Waals surface area contributed by atoms with Crippen molar-refractivity contribution in [2.75, 3.05) is 0 Å². The Morgan fingerprint density at radius 3 is 2.52 bits per heavy atom. The van der Waals surface area contributed by atoms with E-state index in [1.165, 1.54) is 0 Å². The lowest BCUT2D eigenvalue weighted by molar-refractivity contribution is 0.0358. The minimum Gasteiger partial charge on any atom is -0.243 e. The zero-order valence-corrected chi connectivity index (χ0v) is 15.5. The molecule has 3 atom stereocenters. The summed E-state index contributed by atoms with van der Waals surface area (Å²) in [5.74, 6) is 3.55. The van der Waals surface area contributed by atoms with Gasteiger partial charge in [0.2, 0.25) is 5.67 Å². The number of alkyl halides is 2. The van der Waals surface area contributed by atoms with Crippen LogP contribution in [-0.2, 0) is 0 Å². The van der Waals surface area contributed by atoms with Gasteiger partial charge in [-0.15, -0.1) is 0 Å². The fourth-order valence-corrected chi connectivity index (χ4v) is 3.75. The topological polar surface area (TPSA) is 0 Å². The molecule has 0 heterocycles. The van der Waals surface area contributed by atoms with Crippen LogP contribution in [0.3, 0.4) is 0 Å². The van der Waals surface area contributed by atoms with E-state index < -0.39 is 23.5 Å². The molecule has 2 aromatic rings. The first kappa shape index (κ1) is 19.7. The van der Waals surface area contributed by atoms with Gasteiger partial charge in [-0.25, -0.2) is 17.6 Å². The molecule has 0 amide bonds. The summed E-state index contributed by atoms with van der Waals surface area (Å²) in [5.41, 5.74) is -1.67. The number of benzene rings is 2. The van der Waals surface area contributed by atoms with Crippen molar-refractivity contribution in [3.63, 3.8) is 0 Å². The highest BCUT2D eigenvalue weighted by molar-refractivity contribution is 5.84. The molecule has 0 spiro atoms. The number of unbranched alkanes of at least 4 members (excludes halogenated alkanes) is 2. The van der Waals surface area contributed by atoms with Crippen molar-refractivity contribution in [3.05, 3.63) is 47.5 Å². The van der Waals surface area contributed by atoms with E-state index >= 15 is 0 Å². The van der Waals surface area contributed by atoms with Crippen molar-refractivity contribution in [2.24, 2.45) is 5.92 Å². The van der Waals surface area contributed by atoms with Crippen LogP contribution in [0.4, 0.5) is 17.6 Å². The molecule has 0 N–H and O–H groups in total. The molecule has 1 aliphatic carbocycles. The maximum absolute atomic E-state index is 15.0. The summed E-state index contributed by atoms with van der Waals surface area (Å²) in [4.78, 5) is 0. The van der Waals surface area contributed by atoms with Crippen LogP contribution in [-0.4, -0.2) is 11.8 Å². The predicted molar refractivity (Wildman–Crippen MR) is 101 cm³/mol. The maximum Gasteiger partial charge on any atom is 0.202 e. The molecule has 0 bridgehead atoms. The number of hydrogen-bond acceptors (Lipinski definition) is 0. The van der Waals surface area contributed by atoms with Gasteiger partial charge in [-0.1, -0.05) is 50.5 Å². The molecule has 1 saturated carbocycles. The quantitative estimate of drug-likeness (QED) is 0.309. The van der Waals surface area contributed by atoms with E-state index in [0.29, 0.717) is 22.8 Å². The average molecular weight is 376 g/mol. The monoisotopic (exact) mass is 376 g/mol. The zero-order chi connectivity index (χ0) is 19.4. The van der Waals surface area contributed by atoms with Gasteiger partial charge >= 0.3 is 0 Å². The average Bonchev–Trinajstić information content (AvgIpc) is 2.64. The number of rotatable bonds is 4. The third kappa shape index (κ3) is 4.64.